The van der Waals surface area contributed by atoms with Crippen LogP contribution in [-0.4, -0.2) is 41.2 Å². The molecule has 0 bridgehead atoms. The second kappa shape index (κ2) is 12.8. The van der Waals surface area contributed by atoms with Crippen LogP contribution >= 0.6 is 0 Å². The van der Waals surface area contributed by atoms with E-state index in [1.54, 1.807) is 19.1 Å². The lowest BCUT2D eigenvalue weighted by molar-refractivity contribution is 0.0953. The summed E-state index contributed by atoms with van der Waals surface area (Å²) in [5, 5.41) is 7.36. The number of H-pyrrole nitrogens is 1. The summed E-state index contributed by atoms with van der Waals surface area (Å²) in [5.74, 6) is 0.228. The van der Waals surface area contributed by atoms with Gasteiger partial charge >= 0.3 is 0 Å². The van der Waals surface area contributed by atoms with Gasteiger partial charge in [-0.3, -0.25) is 14.7 Å². The van der Waals surface area contributed by atoms with Gasteiger partial charge in [0.1, 0.15) is 5.82 Å². The summed E-state index contributed by atoms with van der Waals surface area (Å²) in [4.78, 5) is 26.7. The maximum atomic E-state index is 13.5. The number of nitrogens with zero attached hydrogens (tertiary/aromatic N) is 2. The fourth-order valence-corrected chi connectivity index (χ4v) is 4.13. The zero-order valence-electron chi connectivity index (χ0n) is 22.8. The van der Waals surface area contributed by atoms with Gasteiger partial charge in [-0.1, -0.05) is 30.3 Å². The van der Waals surface area contributed by atoms with Crippen LogP contribution in [0.4, 0.5) is 4.39 Å². The minimum absolute atomic E-state index is 0.243. The van der Waals surface area contributed by atoms with Crippen molar-refractivity contribution in [2.75, 3.05) is 19.8 Å². The molecule has 0 aliphatic carbocycles. The smallest absolute Gasteiger partial charge is 0.281 e. The maximum Gasteiger partial charge on any atom is 0.281 e. The highest BCUT2D eigenvalue weighted by atomic mass is 19.1. The highest BCUT2D eigenvalue weighted by molar-refractivity contribution is 6.04. The Balaban J connectivity index is 1.72. The quantitative estimate of drug-likeness (QED) is 0.196. The first-order valence-corrected chi connectivity index (χ1v) is 13.0. The topological polar surface area (TPSA) is 107 Å². The molecule has 4 aromatic rings. The second-order valence-electron chi connectivity index (χ2n) is 8.58. The summed E-state index contributed by atoms with van der Waals surface area (Å²) in [6.07, 6.45) is 0. The molecule has 1 aromatic heterocycles. The van der Waals surface area contributed by atoms with E-state index < -0.39 is 17.3 Å². The van der Waals surface area contributed by atoms with Crippen LogP contribution in [0, 0.1) is 5.82 Å². The van der Waals surface area contributed by atoms with Gasteiger partial charge in [0.25, 0.3) is 11.5 Å². The Hall–Kier alpha value is -4.86. The van der Waals surface area contributed by atoms with Crippen LogP contribution < -0.4 is 25.2 Å². The number of benzene rings is 3. The Bertz CT molecular complexity index is 1530. The van der Waals surface area contributed by atoms with Crippen LogP contribution in [0.25, 0.3) is 16.9 Å². The fourth-order valence-electron chi connectivity index (χ4n) is 4.13. The number of rotatable bonds is 11. The maximum absolute atomic E-state index is 13.5. The van der Waals surface area contributed by atoms with Crippen molar-refractivity contribution in [1.82, 2.24) is 15.2 Å². The Morgan fingerprint density at radius 3 is 2.10 bits per heavy atom. The third-order valence-electron chi connectivity index (χ3n) is 5.90. The molecule has 2 N–H and O–H groups in total. The Morgan fingerprint density at radius 2 is 1.52 bits per heavy atom. The number of carbonyl (C=O) groups excluding carboxylic acids is 1. The number of aromatic nitrogens is 2. The second-order valence-corrected chi connectivity index (χ2v) is 8.58. The van der Waals surface area contributed by atoms with Crippen molar-refractivity contribution in [2.45, 2.75) is 27.7 Å². The number of hydrogen-bond acceptors (Lipinski definition) is 6. The van der Waals surface area contributed by atoms with Crippen LogP contribution in [0.15, 0.2) is 76.6 Å². The number of carbonyl (C=O) groups is 1. The van der Waals surface area contributed by atoms with Crippen molar-refractivity contribution in [2.24, 2.45) is 5.10 Å². The van der Waals surface area contributed by atoms with Gasteiger partial charge in [0.15, 0.2) is 11.5 Å². The number of hydrazone groups is 1. The van der Waals surface area contributed by atoms with Gasteiger partial charge in [-0.25, -0.2) is 14.5 Å². The van der Waals surface area contributed by atoms with E-state index in [0.717, 1.165) is 5.56 Å². The SMILES string of the molecule is CCOc1cc(C(=O)NN=C(C)c2c(-c3ccccc3)[nH]n(-c3ccc(F)cc3)c2=O)cc(OCC)c1OCC. The standard InChI is InChI=1S/C30H31FN4O5/c1-5-38-24-17-21(18-25(39-6-2)28(24)40-7-3)29(36)33-32-19(4)26-27(20-11-9-8-10-12-20)34-35(30(26)37)23-15-13-22(31)14-16-23/h8-18,34H,5-7H2,1-4H3,(H,33,36). The molecule has 0 saturated carbocycles. The van der Waals surface area contributed by atoms with Crippen LogP contribution in [0.2, 0.25) is 0 Å². The van der Waals surface area contributed by atoms with Crippen LogP contribution in [0.1, 0.15) is 43.6 Å². The minimum atomic E-state index is -0.528. The molecule has 0 atom stereocenters. The largest absolute Gasteiger partial charge is 0.490 e. The van der Waals surface area contributed by atoms with E-state index in [4.69, 9.17) is 14.2 Å². The van der Waals surface area contributed by atoms with Crippen LogP contribution in [-0.2, 0) is 0 Å². The molecule has 0 aliphatic heterocycles. The van der Waals surface area contributed by atoms with Gasteiger partial charge in [0.2, 0.25) is 5.75 Å². The van der Waals surface area contributed by atoms with Crippen molar-refractivity contribution < 1.29 is 23.4 Å². The summed E-state index contributed by atoms with van der Waals surface area (Å²) < 4.78 is 31.9. The first kappa shape index (κ1) is 28.2. The van der Waals surface area contributed by atoms with E-state index in [1.165, 1.54) is 28.9 Å². The van der Waals surface area contributed by atoms with Crippen molar-refractivity contribution in [3.8, 4) is 34.2 Å². The van der Waals surface area contributed by atoms with Crippen molar-refractivity contribution in [1.29, 1.82) is 0 Å². The Labute approximate surface area is 231 Å². The highest BCUT2D eigenvalue weighted by Crippen LogP contribution is 2.39. The number of ether oxygens (including phenoxy) is 3. The van der Waals surface area contributed by atoms with Gasteiger partial charge in [-0.05, 0) is 64.1 Å². The van der Waals surface area contributed by atoms with E-state index in [0.29, 0.717) is 48.5 Å². The molecule has 3 aromatic carbocycles. The predicted molar refractivity (Wildman–Crippen MR) is 151 cm³/mol. The highest BCUT2D eigenvalue weighted by Gasteiger charge is 2.21. The van der Waals surface area contributed by atoms with Crippen LogP contribution in [0.5, 0.6) is 17.2 Å². The van der Waals surface area contributed by atoms with E-state index in [-0.39, 0.29) is 16.8 Å². The molecule has 0 spiro atoms. The number of nitrogens with one attached hydrogen (secondary N) is 2. The first-order valence-electron chi connectivity index (χ1n) is 13.0. The molecule has 0 radical (unpaired) electrons. The average molecular weight is 547 g/mol. The van der Waals surface area contributed by atoms with Crippen LogP contribution in [0.3, 0.4) is 0 Å². The van der Waals surface area contributed by atoms with Crippen molar-refractivity contribution >= 4 is 11.6 Å². The summed E-state index contributed by atoms with van der Waals surface area (Å²) in [7, 11) is 0. The normalized spacial score (nSPS) is 11.3. The predicted octanol–water partition coefficient (Wildman–Crippen LogP) is 5.32. The molecule has 0 saturated heterocycles. The van der Waals surface area contributed by atoms with E-state index in [1.807, 2.05) is 51.1 Å². The molecule has 0 fully saturated rings. The molecule has 10 heteroatoms. The number of amides is 1. The third-order valence-corrected chi connectivity index (χ3v) is 5.90. The molecule has 1 heterocycles. The van der Waals surface area contributed by atoms with E-state index in [2.05, 4.69) is 15.6 Å². The molecule has 1 amide bonds. The van der Waals surface area contributed by atoms with Gasteiger partial charge in [-0.2, -0.15) is 5.10 Å². The lowest BCUT2D eigenvalue weighted by atomic mass is 10.1. The van der Waals surface area contributed by atoms with Gasteiger partial charge in [-0.15, -0.1) is 0 Å². The van der Waals surface area contributed by atoms with E-state index in [9.17, 15) is 14.0 Å². The number of hydrogen-bond donors (Lipinski definition) is 2. The first-order chi connectivity index (χ1) is 19.4. The zero-order chi connectivity index (χ0) is 28.6. The Morgan fingerprint density at radius 1 is 0.925 bits per heavy atom. The third kappa shape index (κ3) is 6.06. The average Bonchev–Trinajstić information content (AvgIpc) is 3.31. The molecule has 0 unspecified atom stereocenters. The van der Waals surface area contributed by atoms with Gasteiger partial charge in [0.05, 0.1) is 42.5 Å². The minimum Gasteiger partial charge on any atom is -0.490 e. The van der Waals surface area contributed by atoms with Crippen molar-refractivity contribution in [3.63, 3.8) is 0 Å². The summed E-state index contributed by atoms with van der Waals surface area (Å²) in [6, 6.07) is 17.9. The molecule has 4 rings (SSSR count). The van der Waals surface area contributed by atoms with Crippen molar-refractivity contribution in [3.05, 3.63) is 94.0 Å². The molecule has 9 nitrogen and oxygen atoms in total. The fraction of sp³-hybridized carbons (Fsp3) is 0.233. The monoisotopic (exact) mass is 546 g/mol. The molecular formula is C30H31FN4O5. The number of halogens is 1. The molecule has 0 aliphatic rings. The number of aromatic amines is 1. The summed E-state index contributed by atoms with van der Waals surface area (Å²) in [6.45, 7) is 8.26. The molecule has 40 heavy (non-hydrogen) atoms. The molecule has 208 valence electrons. The summed E-state index contributed by atoms with van der Waals surface area (Å²) in [5.41, 5.74) is 4.60. The lowest BCUT2D eigenvalue weighted by Crippen LogP contribution is -2.23. The molecular weight excluding hydrogens is 515 g/mol. The van der Waals surface area contributed by atoms with Gasteiger partial charge in [0, 0.05) is 11.1 Å². The summed E-state index contributed by atoms with van der Waals surface area (Å²) >= 11 is 0. The van der Waals surface area contributed by atoms with E-state index >= 15 is 0 Å². The van der Waals surface area contributed by atoms with Gasteiger partial charge < -0.3 is 14.2 Å². The lowest BCUT2D eigenvalue weighted by Gasteiger charge is -2.16. The zero-order valence-corrected chi connectivity index (χ0v) is 22.8. The Kier molecular flexibility index (Phi) is 9.00.